The number of nitrogens with two attached hydrogens (primary N) is 1. The molecule has 0 unspecified atom stereocenters. The number of anilines is 1. The van der Waals surface area contributed by atoms with Crippen molar-refractivity contribution < 1.29 is 73.5 Å². The average molecular weight is 819 g/mol. The molecule has 4 rings (SSSR count). The molecule has 0 bridgehead atoms. The Morgan fingerprint density at radius 2 is 1.55 bits per heavy atom. The third-order valence-electron chi connectivity index (χ3n) is 8.41. The van der Waals surface area contributed by atoms with E-state index in [4.69, 9.17) is 20.3 Å². The van der Waals surface area contributed by atoms with Crippen LogP contribution in [-0.2, 0) is 34.9 Å². The van der Waals surface area contributed by atoms with Crippen LogP contribution >= 0.6 is 7.82 Å². The van der Waals surface area contributed by atoms with E-state index in [1.165, 1.54) is 42.5 Å². The second kappa shape index (κ2) is 17.6. The first-order chi connectivity index (χ1) is 26.0. The number of hydrogen-bond donors (Lipinski definition) is 4. The minimum atomic E-state index is -4.91. The molecule has 0 radical (unpaired) electrons. The lowest BCUT2D eigenvalue weighted by molar-refractivity contribution is -0.152. The molecule has 1 aliphatic heterocycles. The minimum absolute atomic E-state index is 0.0535. The number of halogens is 7. The topological polar surface area (TPSA) is 198 Å². The summed E-state index contributed by atoms with van der Waals surface area (Å²) in [6, 6.07) is 14.3. The third kappa shape index (κ3) is 12.3. The molecule has 302 valence electrons. The number of aryl methyl sites for hydroxylation is 1. The average Bonchev–Trinajstić information content (AvgIpc) is 3.19. The normalized spacial score (nSPS) is 15.9. The SMILES string of the molecule is Cc1cccc2c1N(COC(=O)Cc1ccc(OP(=O)(O)O)cc1)C(=O)[C@@H](NC(=O)[C@H](CCC(F)(F)F)[C@H](CCC(F)(F)F)C(N)=O)N=C2c1cccc(F)c1. The van der Waals surface area contributed by atoms with Gasteiger partial charge in [-0.25, -0.2) is 13.9 Å². The highest BCUT2D eigenvalue weighted by Gasteiger charge is 2.42. The molecule has 3 aromatic carbocycles. The summed E-state index contributed by atoms with van der Waals surface area (Å²) in [5.74, 6) is -10.2. The van der Waals surface area contributed by atoms with Crippen molar-refractivity contribution in [2.75, 3.05) is 11.6 Å². The fourth-order valence-electron chi connectivity index (χ4n) is 5.90. The number of esters is 1. The number of primary amides is 1. The van der Waals surface area contributed by atoms with E-state index < -0.39 is 107 Å². The van der Waals surface area contributed by atoms with Crippen molar-refractivity contribution in [3.05, 3.63) is 94.8 Å². The number of ether oxygens (including phenoxy) is 1. The van der Waals surface area contributed by atoms with Crippen LogP contribution < -0.4 is 20.5 Å². The molecule has 3 atom stereocenters. The molecule has 0 spiro atoms. The largest absolute Gasteiger partial charge is 0.524 e. The number of phosphoric acid groups is 1. The van der Waals surface area contributed by atoms with Crippen molar-refractivity contribution in [3.63, 3.8) is 0 Å². The van der Waals surface area contributed by atoms with Gasteiger partial charge in [-0.05, 0) is 55.2 Å². The summed E-state index contributed by atoms with van der Waals surface area (Å²) in [6.07, 6.45) is -18.0. The van der Waals surface area contributed by atoms with Crippen LogP contribution in [0.1, 0.15) is 47.9 Å². The molecule has 0 aliphatic carbocycles. The van der Waals surface area contributed by atoms with Crippen molar-refractivity contribution >= 4 is 42.9 Å². The number of para-hydroxylation sites is 1. The fraction of sp³-hybridized carbons (Fsp3) is 0.343. The lowest BCUT2D eigenvalue weighted by Gasteiger charge is -2.28. The molecule has 0 saturated carbocycles. The van der Waals surface area contributed by atoms with Gasteiger partial charge in [-0.2, -0.15) is 26.3 Å². The number of amides is 3. The number of nitrogens with zero attached hydrogens (tertiary/aromatic N) is 2. The molecule has 0 saturated heterocycles. The van der Waals surface area contributed by atoms with Crippen LogP contribution in [0.15, 0.2) is 71.7 Å². The quantitative estimate of drug-likeness (QED) is 0.0884. The van der Waals surface area contributed by atoms with Gasteiger partial charge in [0.05, 0.1) is 17.8 Å². The van der Waals surface area contributed by atoms with Crippen LogP contribution in [0.4, 0.5) is 36.4 Å². The summed E-state index contributed by atoms with van der Waals surface area (Å²) < 4.78 is 115. The minimum Gasteiger partial charge on any atom is -0.444 e. The van der Waals surface area contributed by atoms with Crippen molar-refractivity contribution in [2.24, 2.45) is 22.6 Å². The van der Waals surface area contributed by atoms with Crippen molar-refractivity contribution in [2.45, 2.75) is 57.5 Å². The monoisotopic (exact) mass is 818 g/mol. The summed E-state index contributed by atoms with van der Waals surface area (Å²) in [6.45, 7) is 0.690. The lowest BCUT2D eigenvalue weighted by Crippen LogP contribution is -2.51. The van der Waals surface area contributed by atoms with Crippen molar-refractivity contribution in [1.29, 1.82) is 0 Å². The fourth-order valence-corrected chi connectivity index (χ4v) is 6.30. The Morgan fingerprint density at radius 3 is 2.12 bits per heavy atom. The van der Waals surface area contributed by atoms with Gasteiger partial charge in [0, 0.05) is 35.8 Å². The second-order valence-electron chi connectivity index (χ2n) is 12.6. The molecule has 0 aromatic heterocycles. The molecular formula is C35H34F7N4O9P. The molecule has 13 nitrogen and oxygen atoms in total. The van der Waals surface area contributed by atoms with Crippen molar-refractivity contribution in [3.8, 4) is 5.75 Å². The standard InChI is InChI=1S/C35H34F7N4O9P/c1-19-4-2-7-26-28(21-5-3-6-22(36)17-21)44-31(45-32(49)25(13-15-35(40,41)42)24(30(43)48)12-14-34(37,38)39)33(50)46(29(19)26)18-54-27(47)16-20-8-10-23(11-9-20)55-56(51,52)53/h2-11,17,24-25,31H,12-16,18H2,1H3,(H2,43,48)(H,45,49)(H2,51,52,53)/t24-,25+,31+/m0/s1. The van der Waals surface area contributed by atoms with E-state index in [2.05, 4.69) is 14.8 Å². The van der Waals surface area contributed by atoms with E-state index in [-0.39, 0.29) is 33.8 Å². The van der Waals surface area contributed by atoms with Crippen LogP contribution in [0.5, 0.6) is 5.75 Å². The Bertz CT molecular complexity index is 2020. The maximum atomic E-state index is 14.5. The number of phosphoric ester groups is 1. The summed E-state index contributed by atoms with van der Waals surface area (Å²) in [5, 5.41) is 2.15. The maximum Gasteiger partial charge on any atom is 0.524 e. The van der Waals surface area contributed by atoms with E-state index in [0.29, 0.717) is 5.56 Å². The van der Waals surface area contributed by atoms with Crippen LogP contribution in [0.2, 0.25) is 0 Å². The first kappa shape index (κ1) is 43.4. The summed E-state index contributed by atoms with van der Waals surface area (Å²) in [7, 11) is -4.86. The van der Waals surface area contributed by atoms with E-state index in [1.54, 1.807) is 19.1 Å². The highest BCUT2D eigenvalue weighted by Crippen LogP contribution is 2.38. The Morgan fingerprint density at radius 1 is 0.946 bits per heavy atom. The Labute approximate surface area is 313 Å². The first-order valence-corrected chi connectivity index (χ1v) is 18.0. The Balaban J connectivity index is 1.72. The van der Waals surface area contributed by atoms with E-state index in [9.17, 15) is 54.5 Å². The van der Waals surface area contributed by atoms with Crippen molar-refractivity contribution in [1.82, 2.24) is 5.32 Å². The van der Waals surface area contributed by atoms with Gasteiger partial charge in [-0.3, -0.25) is 33.9 Å². The summed E-state index contributed by atoms with van der Waals surface area (Å²) in [4.78, 5) is 76.6. The number of rotatable bonds is 15. The third-order valence-corrected chi connectivity index (χ3v) is 8.86. The zero-order valence-electron chi connectivity index (χ0n) is 29.1. The number of nitrogens with one attached hydrogen (secondary N) is 1. The molecule has 1 aliphatic rings. The van der Waals surface area contributed by atoms with Gasteiger partial charge < -0.3 is 20.3 Å². The molecule has 3 amide bonds. The number of fused-ring (bicyclic) bond motifs is 1. The molecule has 1 heterocycles. The molecule has 5 N–H and O–H groups in total. The summed E-state index contributed by atoms with van der Waals surface area (Å²) in [5.41, 5.74) is 6.09. The maximum absolute atomic E-state index is 14.5. The molecule has 3 aromatic rings. The van der Waals surface area contributed by atoms with Gasteiger partial charge in [0.15, 0.2) is 6.73 Å². The number of aliphatic imine (C=N–C) groups is 1. The molecule has 56 heavy (non-hydrogen) atoms. The first-order valence-electron chi connectivity index (χ1n) is 16.5. The van der Waals surface area contributed by atoms with Gasteiger partial charge in [-0.15, -0.1) is 0 Å². The lowest BCUT2D eigenvalue weighted by atomic mass is 9.83. The number of alkyl halides is 6. The van der Waals surface area contributed by atoms with E-state index in [1.807, 2.05) is 0 Å². The molecular weight excluding hydrogens is 784 g/mol. The second-order valence-corrected chi connectivity index (χ2v) is 13.8. The van der Waals surface area contributed by atoms with Crippen LogP contribution in [0.25, 0.3) is 0 Å². The highest BCUT2D eigenvalue weighted by molar-refractivity contribution is 7.46. The Hall–Kier alpha value is -5.33. The van der Waals surface area contributed by atoms with Gasteiger partial charge in [-0.1, -0.05) is 42.5 Å². The van der Waals surface area contributed by atoms with E-state index in [0.717, 1.165) is 17.0 Å². The van der Waals surface area contributed by atoms with Gasteiger partial charge in [0.1, 0.15) is 11.6 Å². The van der Waals surface area contributed by atoms with Gasteiger partial charge >= 0.3 is 26.1 Å². The number of carbonyl (C=O) groups is 4. The number of benzodiazepines with no additional fused rings is 1. The van der Waals surface area contributed by atoms with Crippen LogP contribution in [0, 0.1) is 24.6 Å². The van der Waals surface area contributed by atoms with Gasteiger partial charge in [0.2, 0.25) is 18.0 Å². The highest BCUT2D eigenvalue weighted by atomic mass is 31.2. The molecule has 21 heteroatoms. The predicted molar refractivity (Wildman–Crippen MR) is 183 cm³/mol. The number of benzene rings is 3. The predicted octanol–water partition coefficient (Wildman–Crippen LogP) is 5.38. The van der Waals surface area contributed by atoms with Gasteiger partial charge in [0.25, 0.3) is 5.91 Å². The zero-order valence-corrected chi connectivity index (χ0v) is 30.0. The number of carbonyl (C=O) groups excluding carboxylic acids is 4. The van der Waals surface area contributed by atoms with E-state index >= 15 is 0 Å². The van der Waals surface area contributed by atoms with Crippen LogP contribution in [-0.4, -0.2) is 64.4 Å². The zero-order chi connectivity index (χ0) is 41.6. The van der Waals surface area contributed by atoms with Crippen LogP contribution in [0.3, 0.4) is 0 Å². The smallest absolute Gasteiger partial charge is 0.444 e. The summed E-state index contributed by atoms with van der Waals surface area (Å²) >= 11 is 0. The Kier molecular flexibility index (Phi) is 13.7. The molecule has 0 fully saturated rings. The number of hydrogen-bond acceptors (Lipinski definition) is 8.